The number of nitrogens with one attached hydrogen (secondary N) is 2. The van der Waals surface area contributed by atoms with E-state index in [1.807, 2.05) is 0 Å². The second-order valence-electron chi connectivity index (χ2n) is 6.78. The molecular formula is C24H23FN2O4. The minimum atomic E-state index is -0.610. The molecule has 7 heteroatoms. The first-order valence-electron chi connectivity index (χ1n) is 9.67. The van der Waals surface area contributed by atoms with Gasteiger partial charge in [0.05, 0.1) is 12.2 Å². The summed E-state index contributed by atoms with van der Waals surface area (Å²) in [6.07, 6.45) is 0. The summed E-state index contributed by atoms with van der Waals surface area (Å²) in [5.74, 6) is -0.859. The average Bonchev–Trinajstić information content (AvgIpc) is 2.77. The van der Waals surface area contributed by atoms with Crippen LogP contribution in [0.5, 0.6) is 5.75 Å². The summed E-state index contributed by atoms with van der Waals surface area (Å²) in [7, 11) is 1.60. The zero-order valence-electron chi connectivity index (χ0n) is 17.3. The second kappa shape index (κ2) is 10.4. The SMILES string of the molecule is COCCOc1ccc(NC(=O)c2ccc(C)c(NC(=O)c3ccccc3F)c2)cc1. The zero-order chi connectivity index (χ0) is 22.2. The molecule has 0 aromatic heterocycles. The fourth-order valence-electron chi connectivity index (χ4n) is 2.81. The maximum atomic E-state index is 13.9. The van der Waals surface area contributed by atoms with Crippen LogP contribution in [0.2, 0.25) is 0 Å². The van der Waals surface area contributed by atoms with Gasteiger partial charge >= 0.3 is 0 Å². The van der Waals surface area contributed by atoms with Crippen LogP contribution in [0.1, 0.15) is 26.3 Å². The van der Waals surface area contributed by atoms with Gasteiger partial charge in [-0.2, -0.15) is 0 Å². The molecular weight excluding hydrogens is 399 g/mol. The fraction of sp³-hybridized carbons (Fsp3) is 0.167. The Hall–Kier alpha value is -3.71. The van der Waals surface area contributed by atoms with Crippen molar-refractivity contribution < 1.29 is 23.5 Å². The van der Waals surface area contributed by atoms with Gasteiger partial charge in [0.1, 0.15) is 18.2 Å². The number of amides is 2. The van der Waals surface area contributed by atoms with Crippen LogP contribution in [-0.2, 0) is 4.74 Å². The number of carbonyl (C=O) groups is 2. The van der Waals surface area contributed by atoms with Crippen molar-refractivity contribution >= 4 is 23.2 Å². The van der Waals surface area contributed by atoms with Crippen LogP contribution in [-0.4, -0.2) is 32.1 Å². The predicted molar refractivity (Wildman–Crippen MR) is 117 cm³/mol. The quantitative estimate of drug-likeness (QED) is 0.518. The standard InChI is InChI=1S/C24H23FN2O4/c1-16-7-8-17(15-22(16)27-24(29)20-5-3-4-6-21(20)25)23(28)26-18-9-11-19(12-10-18)31-14-13-30-2/h3-12,15H,13-14H2,1-2H3,(H,26,28)(H,27,29). The maximum Gasteiger partial charge on any atom is 0.258 e. The van der Waals surface area contributed by atoms with Gasteiger partial charge in [0.2, 0.25) is 0 Å². The molecule has 160 valence electrons. The molecule has 6 nitrogen and oxygen atoms in total. The van der Waals surface area contributed by atoms with E-state index in [9.17, 15) is 14.0 Å². The van der Waals surface area contributed by atoms with Crippen LogP contribution in [0, 0.1) is 12.7 Å². The summed E-state index contributed by atoms with van der Waals surface area (Å²) in [5.41, 5.74) is 2.07. The van der Waals surface area contributed by atoms with E-state index in [2.05, 4.69) is 10.6 Å². The highest BCUT2D eigenvalue weighted by Gasteiger charge is 2.14. The van der Waals surface area contributed by atoms with Crippen LogP contribution in [0.25, 0.3) is 0 Å². The average molecular weight is 422 g/mol. The third-order valence-corrected chi connectivity index (χ3v) is 4.53. The van der Waals surface area contributed by atoms with Gasteiger partial charge in [-0.1, -0.05) is 18.2 Å². The van der Waals surface area contributed by atoms with Gasteiger partial charge in [0.25, 0.3) is 11.8 Å². The third kappa shape index (κ3) is 5.90. The molecule has 2 N–H and O–H groups in total. The van der Waals surface area contributed by atoms with Crippen LogP contribution in [0.4, 0.5) is 15.8 Å². The molecule has 0 aliphatic rings. The molecule has 0 fully saturated rings. The molecule has 0 unspecified atom stereocenters. The Balaban J connectivity index is 1.68. The van der Waals surface area contributed by atoms with E-state index >= 15 is 0 Å². The summed E-state index contributed by atoms with van der Waals surface area (Å²) < 4.78 is 24.3. The van der Waals surface area contributed by atoms with Crippen molar-refractivity contribution in [1.29, 1.82) is 0 Å². The smallest absolute Gasteiger partial charge is 0.258 e. The molecule has 31 heavy (non-hydrogen) atoms. The molecule has 3 rings (SSSR count). The maximum absolute atomic E-state index is 13.9. The predicted octanol–water partition coefficient (Wildman–Crippen LogP) is 4.66. The van der Waals surface area contributed by atoms with Crippen molar-refractivity contribution in [3.63, 3.8) is 0 Å². The minimum Gasteiger partial charge on any atom is -0.491 e. The molecule has 0 bridgehead atoms. The Morgan fingerprint density at radius 2 is 1.65 bits per heavy atom. The Labute approximate surface area is 180 Å². The lowest BCUT2D eigenvalue weighted by atomic mass is 10.1. The number of anilines is 2. The normalized spacial score (nSPS) is 10.4. The molecule has 0 aliphatic heterocycles. The van der Waals surface area contributed by atoms with Crippen LogP contribution in [0.15, 0.2) is 66.7 Å². The van der Waals surface area contributed by atoms with Crippen molar-refractivity contribution in [3.8, 4) is 5.75 Å². The number of rotatable bonds is 8. The summed E-state index contributed by atoms with van der Waals surface area (Å²) in [6.45, 7) is 2.72. The van der Waals surface area contributed by atoms with E-state index in [-0.39, 0.29) is 11.5 Å². The molecule has 0 saturated heterocycles. The largest absolute Gasteiger partial charge is 0.491 e. The molecule has 3 aromatic rings. The highest BCUT2D eigenvalue weighted by Crippen LogP contribution is 2.21. The molecule has 0 aliphatic carbocycles. The molecule has 3 aromatic carbocycles. The topological polar surface area (TPSA) is 76.7 Å². The van der Waals surface area contributed by atoms with Gasteiger partial charge in [-0.05, 0) is 61.0 Å². The Morgan fingerprint density at radius 1 is 0.903 bits per heavy atom. The molecule has 0 saturated carbocycles. The van der Waals surface area contributed by atoms with Crippen molar-refractivity contribution in [2.24, 2.45) is 0 Å². The highest BCUT2D eigenvalue weighted by molar-refractivity contribution is 6.07. The van der Waals surface area contributed by atoms with Crippen LogP contribution >= 0.6 is 0 Å². The van der Waals surface area contributed by atoms with E-state index in [0.29, 0.717) is 35.9 Å². The Kier molecular flexibility index (Phi) is 7.35. The van der Waals surface area contributed by atoms with Crippen LogP contribution in [0.3, 0.4) is 0 Å². The number of hydrogen-bond donors (Lipinski definition) is 2. The Morgan fingerprint density at radius 3 is 2.35 bits per heavy atom. The molecule has 0 atom stereocenters. The van der Waals surface area contributed by atoms with Crippen molar-refractivity contribution in [1.82, 2.24) is 0 Å². The van der Waals surface area contributed by atoms with Crippen molar-refractivity contribution in [2.45, 2.75) is 6.92 Å². The van der Waals surface area contributed by atoms with Crippen molar-refractivity contribution in [3.05, 3.63) is 89.2 Å². The lowest BCUT2D eigenvalue weighted by molar-refractivity contribution is 0.101. The third-order valence-electron chi connectivity index (χ3n) is 4.53. The number of methoxy groups -OCH3 is 1. The number of hydrogen-bond acceptors (Lipinski definition) is 4. The van der Waals surface area contributed by atoms with Gasteiger partial charge in [0.15, 0.2) is 0 Å². The Bertz CT molecular complexity index is 1070. The first kappa shape index (κ1) is 22.0. The minimum absolute atomic E-state index is 0.0652. The number of carbonyl (C=O) groups excluding carboxylic acids is 2. The lowest BCUT2D eigenvalue weighted by Crippen LogP contribution is -2.16. The molecule has 0 radical (unpaired) electrons. The van der Waals surface area contributed by atoms with Gasteiger partial charge in [-0.25, -0.2) is 4.39 Å². The molecule has 2 amide bonds. The molecule has 0 heterocycles. The van der Waals surface area contributed by atoms with Gasteiger partial charge in [-0.3, -0.25) is 9.59 Å². The number of benzene rings is 3. The zero-order valence-corrected chi connectivity index (χ0v) is 17.3. The van der Waals surface area contributed by atoms with E-state index in [0.717, 1.165) is 5.56 Å². The summed E-state index contributed by atoms with van der Waals surface area (Å²) in [4.78, 5) is 25.1. The van der Waals surface area contributed by atoms with E-state index in [1.54, 1.807) is 62.6 Å². The molecule has 0 spiro atoms. The van der Waals surface area contributed by atoms with Crippen molar-refractivity contribution in [2.75, 3.05) is 31.0 Å². The fourth-order valence-corrected chi connectivity index (χ4v) is 2.81. The number of halogens is 1. The first-order valence-corrected chi connectivity index (χ1v) is 9.67. The van der Waals surface area contributed by atoms with Gasteiger partial charge in [0, 0.05) is 24.0 Å². The lowest BCUT2D eigenvalue weighted by Gasteiger charge is -2.12. The van der Waals surface area contributed by atoms with Gasteiger partial charge in [-0.15, -0.1) is 0 Å². The first-order chi connectivity index (χ1) is 15.0. The van der Waals surface area contributed by atoms with Crippen LogP contribution < -0.4 is 15.4 Å². The number of aryl methyl sites for hydroxylation is 1. The summed E-state index contributed by atoms with van der Waals surface area (Å²) in [5, 5.41) is 5.47. The van der Waals surface area contributed by atoms with Gasteiger partial charge < -0.3 is 20.1 Å². The summed E-state index contributed by atoms with van der Waals surface area (Å²) in [6, 6.07) is 17.6. The second-order valence-corrected chi connectivity index (χ2v) is 6.78. The van der Waals surface area contributed by atoms with E-state index in [1.165, 1.54) is 18.2 Å². The highest BCUT2D eigenvalue weighted by atomic mass is 19.1. The van der Waals surface area contributed by atoms with E-state index < -0.39 is 11.7 Å². The summed E-state index contributed by atoms with van der Waals surface area (Å²) >= 11 is 0. The van der Waals surface area contributed by atoms with E-state index in [4.69, 9.17) is 9.47 Å². The number of ether oxygens (including phenoxy) is 2. The monoisotopic (exact) mass is 422 g/mol.